The molecule has 4 heteroatoms. The van der Waals surface area contributed by atoms with E-state index in [1.807, 2.05) is 23.1 Å². The average Bonchev–Trinajstić information content (AvgIpc) is 3.13. The molecule has 0 saturated carbocycles. The van der Waals surface area contributed by atoms with Gasteiger partial charge in [-0.3, -0.25) is 4.79 Å². The van der Waals surface area contributed by atoms with Crippen molar-refractivity contribution < 1.29 is 9.53 Å². The summed E-state index contributed by atoms with van der Waals surface area (Å²) in [5, 5.41) is 3.35. The summed E-state index contributed by atoms with van der Waals surface area (Å²) in [6.07, 6.45) is 2.05. The second-order valence-corrected chi connectivity index (χ2v) is 5.62. The normalized spacial score (nSPS) is 20.9. The summed E-state index contributed by atoms with van der Waals surface area (Å²) in [6.45, 7) is 6.19. The summed E-state index contributed by atoms with van der Waals surface area (Å²) in [6, 6.07) is 6.33. The molecule has 2 aliphatic rings. The minimum absolute atomic E-state index is 0.162. The van der Waals surface area contributed by atoms with Crippen LogP contribution in [-0.4, -0.2) is 36.5 Å². The van der Waals surface area contributed by atoms with Gasteiger partial charge in [-0.2, -0.15) is 0 Å². The molecule has 3 rings (SSSR count). The van der Waals surface area contributed by atoms with Crippen molar-refractivity contribution in [2.24, 2.45) is 0 Å². The van der Waals surface area contributed by atoms with Crippen LogP contribution in [0.4, 0.5) is 0 Å². The Balaban J connectivity index is 1.81. The van der Waals surface area contributed by atoms with Crippen LogP contribution in [0.15, 0.2) is 18.2 Å². The molecule has 1 aromatic rings. The van der Waals surface area contributed by atoms with Gasteiger partial charge in [0, 0.05) is 24.7 Å². The van der Waals surface area contributed by atoms with Crippen molar-refractivity contribution in [2.75, 3.05) is 19.6 Å². The van der Waals surface area contributed by atoms with E-state index in [1.54, 1.807) is 0 Å². The van der Waals surface area contributed by atoms with E-state index in [1.165, 1.54) is 5.56 Å². The SMILES string of the molecule is CCCN(C(=O)c1ccc2c(c1)COC2)C1CCNC1. The standard InChI is InChI=1S/C16H22N2O2/c1-2-7-18(15-5-6-17-9-15)16(19)12-3-4-13-10-20-11-14(13)8-12/h3-4,8,15,17H,2,5-7,9-11H2,1H3. The van der Waals surface area contributed by atoms with Gasteiger partial charge in [0.1, 0.15) is 0 Å². The minimum Gasteiger partial charge on any atom is -0.372 e. The first-order valence-electron chi connectivity index (χ1n) is 7.51. The van der Waals surface area contributed by atoms with Crippen LogP contribution in [0.5, 0.6) is 0 Å². The Morgan fingerprint density at radius 2 is 2.25 bits per heavy atom. The molecule has 1 unspecified atom stereocenters. The van der Waals surface area contributed by atoms with Crippen LogP contribution in [0.1, 0.15) is 41.3 Å². The van der Waals surface area contributed by atoms with Crippen molar-refractivity contribution in [1.29, 1.82) is 0 Å². The number of fused-ring (bicyclic) bond motifs is 1. The van der Waals surface area contributed by atoms with Gasteiger partial charge in [0.25, 0.3) is 5.91 Å². The lowest BCUT2D eigenvalue weighted by atomic mass is 10.0. The molecule has 1 amide bonds. The van der Waals surface area contributed by atoms with Crippen molar-refractivity contribution in [1.82, 2.24) is 10.2 Å². The number of hydrogen-bond acceptors (Lipinski definition) is 3. The first kappa shape index (κ1) is 13.6. The van der Waals surface area contributed by atoms with Gasteiger partial charge >= 0.3 is 0 Å². The molecule has 1 atom stereocenters. The van der Waals surface area contributed by atoms with Crippen LogP contribution >= 0.6 is 0 Å². The van der Waals surface area contributed by atoms with E-state index >= 15 is 0 Å². The Morgan fingerprint density at radius 1 is 1.40 bits per heavy atom. The molecule has 0 bridgehead atoms. The number of ether oxygens (including phenoxy) is 1. The Kier molecular flexibility index (Phi) is 4.03. The van der Waals surface area contributed by atoms with E-state index in [0.29, 0.717) is 19.3 Å². The third-order valence-electron chi connectivity index (χ3n) is 4.17. The van der Waals surface area contributed by atoms with E-state index in [4.69, 9.17) is 4.74 Å². The molecule has 1 aromatic carbocycles. The molecule has 1 fully saturated rings. The zero-order valence-corrected chi connectivity index (χ0v) is 12.0. The van der Waals surface area contributed by atoms with E-state index in [0.717, 1.165) is 43.6 Å². The lowest BCUT2D eigenvalue weighted by Crippen LogP contribution is -2.42. The molecule has 0 spiro atoms. The fourth-order valence-electron chi connectivity index (χ4n) is 3.07. The van der Waals surface area contributed by atoms with E-state index in [9.17, 15) is 4.79 Å². The largest absolute Gasteiger partial charge is 0.372 e. The van der Waals surface area contributed by atoms with Gasteiger partial charge in [-0.1, -0.05) is 13.0 Å². The van der Waals surface area contributed by atoms with Crippen LogP contribution in [-0.2, 0) is 18.0 Å². The van der Waals surface area contributed by atoms with E-state index in [-0.39, 0.29) is 5.91 Å². The van der Waals surface area contributed by atoms with Crippen LogP contribution in [0, 0.1) is 0 Å². The number of benzene rings is 1. The number of carbonyl (C=O) groups excluding carboxylic acids is 1. The van der Waals surface area contributed by atoms with Crippen molar-refractivity contribution in [3.63, 3.8) is 0 Å². The third-order valence-corrected chi connectivity index (χ3v) is 4.17. The topological polar surface area (TPSA) is 41.6 Å². The molecule has 1 N–H and O–H groups in total. The Hall–Kier alpha value is -1.39. The number of hydrogen-bond donors (Lipinski definition) is 1. The maximum Gasteiger partial charge on any atom is 0.254 e. The van der Waals surface area contributed by atoms with Crippen LogP contribution in [0.3, 0.4) is 0 Å². The Bertz CT molecular complexity index is 495. The highest BCUT2D eigenvalue weighted by Gasteiger charge is 2.27. The highest BCUT2D eigenvalue weighted by molar-refractivity contribution is 5.94. The maximum atomic E-state index is 12.8. The van der Waals surface area contributed by atoms with Gasteiger partial charge in [-0.05, 0) is 42.6 Å². The molecule has 2 aliphatic heterocycles. The number of rotatable bonds is 4. The first-order valence-corrected chi connectivity index (χ1v) is 7.51. The van der Waals surface area contributed by atoms with Gasteiger partial charge in [-0.25, -0.2) is 0 Å². The summed E-state index contributed by atoms with van der Waals surface area (Å²) >= 11 is 0. The van der Waals surface area contributed by atoms with Crippen LogP contribution < -0.4 is 5.32 Å². The molecular weight excluding hydrogens is 252 g/mol. The van der Waals surface area contributed by atoms with Crippen LogP contribution in [0.2, 0.25) is 0 Å². The van der Waals surface area contributed by atoms with Crippen molar-refractivity contribution in [2.45, 2.75) is 39.0 Å². The van der Waals surface area contributed by atoms with Gasteiger partial charge in [0.15, 0.2) is 0 Å². The predicted molar refractivity (Wildman–Crippen MR) is 77.5 cm³/mol. The van der Waals surface area contributed by atoms with Crippen molar-refractivity contribution >= 4 is 5.91 Å². The predicted octanol–water partition coefficient (Wildman–Crippen LogP) is 1.93. The summed E-state index contributed by atoms with van der Waals surface area (Å²) in [5.41, 5.74) is 3.18. The molecule has 108 valence electrons. The molecule has 20 heavy (non-hydrogen) atoms. The van der Waals surface area contributed by atoms with E-state index < -0.39 is 0 Å². The highest BCUT2D eigenvalue weighted by Crippen LogP contribution is 2.22. The smallest absolute Gasteiger partial charge is 0.254 e. The van der Waals surface area contributed by atoms with E-state index in [2.05, 4.69) is 12.2 Å². The number of nitrogens with one attached hydrogen (secondary N) is 1. The van der Waals surface area contributed by atoms with Gasteiger partial charge < -0.3 is 15.0 Å². The summed E-state index contributed by atoms with van der Waals surface area (Å²) in [4.78, 5) is 14.8. The fourth-order valence-corrected chi connectivity index (χ4v) is 3.07. The Labute approximate surface area is 120 Å². The van der Waals surface area contributed by atoms with Crippen molar-refractivity contribution in [3.05, 3.63) is 34.9 Å². The first-order chi connectivity index (χ1) is 9.79. The zero-order valence-electron chi connectivity index (χ0n) is 12.0. The lowest BCUT2D eigenvalue weighted by molar-refractivity contribution is 0.0692. The summed E-state index contributed by atoms with van der Waals surface area (Å²) < 4.78 is 5.42. The summed E-state index contributed by atoms with van der Waals surface area (Å²) in [5.74, 6) is 0.162. The van der Waals surface area contributed by atoms with Crippen molar-refractivity contribution in [3.8, 4) is 0 Å². The molecular formula is C16H22N2O2. The van der Waals surface area contributed by atoms with Crippen LogP contribution in [0.25, 0.3) is 0 Å². The summed E-state index contributed by atoms with van der Waals surface area (Å²) in [7, 11) is 0. The highest BCUT2D eigenvalue weighted by atomic mass is 16.5. The monoisotopic (exact) mass is 274 g/mol. The van der Waals surface area contributed by atoms with Gasteiger partial charge in [0.2, 0.25) is 0 Å². The average molecular weight is 274 g/mol. The number of nitrogens with zero attached hydrogens (tertiary/aromatic N) is 1. The fraction of sp³-hybridized carbons (Fsp3) is 0.562. The second-order valence-electron chi connectivity index (χ2n) is 5.62. The quantitative estimate of drug-likeness (QED) is 0.912. The van der Waals surface area contributed by atoms with Gasteiger partial charge in [-0.15, -0.1) is 0 Å². The zero-order chi connectivity index (χ0) is 13.9. The molecule has 4 nitrogen and oxygen atoms in total. The molecule has 0 radical (unpaired) electrons. The third kappa shape index (κ3) is 2.58. The number of carbonyl (C=O) groups is 1. The molecule has 2 heterocycles. The number of amides is 1. The van der Waals surface area contributed by atoms with Gasteiger partial charge in [0.05, 0.1) is 13.2 Å². The lowest BCUT2D eigenvalue weighted by Gasteiger charge is -2.28. The molecule has 1 saturated heterocycles. The maximum absolute atomic E-state index is 12.8. The minimum atomic E-state index is 0.162. The molecule has 0 aromatic heterocycles. The second kappa shape index (κ2) is 5.94. The Morgan fingerprint density at radius 3 is 3.00 bits per heavy atom. The molecule has 0 aliphatic carbocycles.